The first-order valence-corrected chi connectivity index (χ1v) is 6.93. The fraction of sp³-hybridized carbons (Fsp3) is 0.600. The Labute approximate surface area is 115 Å². The number of unbranched alkanes of at least 4 members (excludes halogenated alkanes) is 1. The number of hydrogen-bond donors (Lipinski definition) is 3. The zero-order chi connectivity index (χ0) is 13.9. The maximum Gasteiger partial charge on any atom is 0.0914 e. The summed E-state index contributed by atoms with van der Waals surface area (Å²) in [6.45, 7) is 3.99. The van der Waals surface area contributed by atoms with Gasteiger partial charge in [0.25, 0.3) is 0 Å². The number of rotatable bonds is 10. The third-order valence-corrected chi connectivity index (χ3v) is 2.85. The highest BCUT2D eigenvalue weighted by Crippen LogP contribution is 2.10. The van der Waals surface area contributed by atoms with Crippen LogP contribution >= 0.6 is 0 Å². The first-order chi connectivity index (χ1) is 9.24. The Morgan fingerprint density at radius 3 is 2.58 bits per heavy atom. The molecule has 108 valence electrons. The molecule has 0 fully saturated rings. The van der Waals surface area contributed by atoms with Gasteiger partial charge < -0.3 is 20.3 Å². The number of benzene rings is 1. The van der Waals surface area contributed by atoms with E-state index in [-0.39, 0.29) is 0 Å². The van der Waals surface area contributed by atoms with E-state index in [0.29, 0.717) is 26.3 Å². The van der Waals surface area contributed by atoms with E-state index in [9.17, 15) is 10.2 Å². The second-order valence-corrected chi connectivity index (χ2v) is 4.67. The first kappa shape index (κ1) is 16.1. The predicted molar refractivity (Wildman–Crippen MR) is 76.0 cm³/mol. The van der Waals surface area contributed by atoms with Crippen molar-refractivity contribution in [1.29, 1.82) is 0 Å². The van der Waals surface area contributed by atoms with Crippen LogP contribution in [0.3, 0.4) is 0 Å². The summed E-state index contributed by atoms with van der Waals surface area (Å²) in [5, 5.41) is 22.6. The zero-order valence-electron chi connectivity index (χ0n) is 11.6. The summed E-state index contributed by atoms with van der Waals surface area (Å²) in [5.41, 5.74) is 0.878. The fourth-order valence-corrected chi connectivity index (χ4v) is 1.70. The summed E-state index contributed by atoms with van der Waals surface area (Å²) in [5.74, 6) is 0. The van der Waals surface area contributed by atoms with E-state index in [1.807, 2.05) is 30.3 Å². The van der Waals surface area contributed by atoms with Gasteiger partial charge >= 0.3 is 0 Å². The van der Waals surface area contributed by atoms with Crippen molar-refractivity contribution in [3.8, 4) is 0 Å². The molecule has 2 unspecified atom stereocenters. The Morgan fingerprint density at radius 1 is 1.16 bits per heavy atom. The van der Waals surface area contributed by atoms with Gasteiger partial charge in [-0.3, -0.25) is 0 Å². The summed E-state index contributed by atoms with van der Waals surface area (Å²) < 4.78 is 5.33. The molecule has 0 spiro atoms. The third kappa shape index (κ3) is 7.28. The Hall–Kier alpha value is -0.940. The van der Waals surface area contributed by atoms with E-state index >= 15 is 0 Å². The summed E-state index contributed by atoms with van der Waals surface area (Å²) in [7, 11) is 0. The highest BCUT2D eigenvalue weighted by molar-refractivity contribution is 5.17. The minimum absolute atomic E-state index is 0.342. The van der Waals surface area contributed by atoms with E-state index in [4.69, 9.17) is 4.74 Å². The molecule has 0 aliphatic carbocycles. The number of ether oxygens (including phenoxy) is 1. The van der Waals surface area contributed by atoms with Crippen LogP contribution in [0.2, 0.25) is 0 Å². The molecule has 0 heterocycles. The van der Waals surface area contributed by atoms with Crippen molar-refractivity contribution in [3.63, 3.8) is 0 Å². The molecule has 0 radical (unpaired) electrons. The van der Waals surface area contributed by atoms with Crippen LogP contribution in [0.4, 0.5) is 0 Å². The maximum atomic E-state index is 9.90. The lowest BCUT2D eigenvalue weighted by molar-refractivity contribution is 0.0342. The van der Waals surface area contributed by atoms with Crippen molar-refractivity contribution in [3.05, 3.63) is 35.9 Å². The van der Waals surface area contributed by atoms with Crippen molar-refractivity contribution in [2.75, 3.05) is 26.3 Å². The minimum Gasteiger partial charge on any atom is -0.389 e. The van der Waals surface area contributed by atoms with Gasteiger partial charge in [-0.05, 0) is 12.0 Å². The summed E-state index contributed by atoms with van der Waals surface area (Å²) in [6.07, 6.45) is 1.04. The standard InChI is InChI=1S/C15H25NO3/c1-2-3-9-19-12-14(17)10-16-11-15(18)13-7-5-4-6-8-13/h4-8,14-18H,2-3,9-12H2,1H3. The third-order valence-electron chi connectivity index (χ3n) is 2.85. The monoisotopic (exact) mass is 267 g/mol. The predicted octanol–water partition coefficient (Wildman–Crippen LogP) is 1.49. The highest BCUT2D eigenvalue weighted by Gasteiger charge is 2.08. The SMILES string of the molecule is CCCCOCC(O)CNCC(O)c1ccccc1. The molecule has 0 saturated heterocycles. The molecule has 3 N–H and O–H groups in total. The number of hydrogen-bond acceptors (Lipinski definition) is 4. The molecule has 4 heteroatoms. The van der Waals surface area contributed by atoms with E-state index in [2.05, 4.69) is 12.2 Å². The van der Waals surface area contributed by atoms with Crippen molar-refractivity contribution in [2.24, 2.45) is 0 Å². The van der Waals surface area contributed by atoms with Crippen LogP contribution in [0.5, 0.6) is 0 Å². The van der Waals surface area contributed by atoms with Crippen molar-refractivity contribution < 1.29 is 14.9 Å². The lowest BCUT2D eigenvalue weighted by atomic mass is 10.1. The van der Waals surface area contributed by atoms with Gasteiger partial charge in [0.05, 0.1) is 18.8 Å². The van der Waals surface area contributed by atoms with E-state index < -0.39 is 12.2 Å². The molecule has 0 bridgehead atoms. The van der Waals surface area contributed by atoms with Crippen LogP contribution in [0.15, 0.2) is 30.3 Å². The molecule has 0 aliphatic rings. The van der Waals surface area contributed by atoms with E-state index in [1.165, 1.54) is 0 Å². The molecule has 0 aromatic heterocycles. The van der Waals surface area contributed by atoms with E-state index in [1.54, 1.807) is 0 Å². The molecule has 0 aliphatic heterocycles. The molecule has 0 saturated carbocycles. The average Bonchev–Trinajstić information content (AvgIpc) is 2.44. The topological polar surface area (TPSA) is 61.7 Å². The second kappa shape index (κ2) is 9.92. The lowest BCUT2D eigenvalue weighted by Crippen LogP contribution is -2.33. The Kier molecular flexibility index (Phi) is 8.41. The number of aliphatic hydroxyl groups excluding tert-OH is 2. The van der Waals surface area contributed by atoms with Crippen molar-refractivity contribution in [1.82, 2.24) is 5.32 Å². The Balaban J connectivity index is 2.09. The summed E-state index contributed by atoms with van der Waals surface area (Å²) >= 11 is 0. The van der Waals surface area contributed by atoms with Crippen LogP contribution in [-0.2, 0) is 4.74 Å². The Bertz CT molecular complexity index is 318. The average molecular weight is 267 g/mol. The van der Waals surface area contributed by atoms with Gasteiger partial charge in [-0.2, -0.15) is 0 Å². The van der Waals surface area contributed by atoms with Gasteiger partial charge in [-0.15, -0.1) is 0 Å². The van der Waals surface area contributed by atoms with Crippen molar-refractivity contribution in [2.45, 2.75) is 32.0 Å². The molecular formula is C15H25NO3. The first-order valence-electron chi connectivity index (χ1n) is 6.93. The maximum absolute atomic E-state index is 9.90. The summed E-state index contributed by atoms with van der Waals surface area (Å²) in [4.78, 5) is 0. The van der Waals surface area contributed by atoms with Crippen LogP contribution in [0.1, 0.15) is 31.4 Å². The zero-order valence-corrected chi connectivity index (χ0v) is 11.6. The minimum atomic E-state index is -0.547. The van der Waals surface area contributed by atoms with Gasteiger partial charge in [0, 0.05) is 19.7 Å². The lowest BCUT2D eigenvalue weighted by Gasteiger charge is -2.15. The van der Waals surface area contributed by atoms with Gasteiger partial charge in [0.1, 0.15) is 0 Å². The van der Waals surface area contributed by atoms with Gasteiger partial charge in [0.2, 0.25) is 0 Å². The van der Waals surface area contributed by atoms with E-state index in [0.717, 1.165) is 18.4 Å². The molecule has 19 heavy (non-hydrogen) atoms. The molecule has 4 nitrogen and oxygen atoms in total. The normalized spacial score (nSPS) is 14.3. The molecule has 1 aromatic rings. The summed E-state index contributed by atoms with van der Waals surface area (Å²) in [6, 6.07) is 9.48. The molecule has 2 atom stereocenters. The highest BCUT2D eigenvalue weighted by atomic mass is 16.5. The molecule has 1 aromatic carbocycles. The molecule has 0 amide bonds. The molecular weight excluding hydrogens is 242 g/mol. The number of aliphatic hydroxyl groups is 2. The largest absolute Gasteiger partial charge is 0.389 e. The van der Waals surface area contributed by atoms with Crippen LogP contribution in [0.25, 0.3) is 0 Å². The molecule has 1 rings (SSSR count). The van der Waals surface area contributed by atoms with Gasteiger partial charge in [-0.25, -0.2) is 0 Å². The second-order valence-electron chi connectivity index (χ2n) is 4.67. The van der Waals surface area contributed by atoms with Crippen molar-refractivity contribution >= 4 is 0 Å². The van der Waals surface area contributed by atoms with Crippen LogP contribution < -0.4 is 5.32 Å². The van der Waals surface area contributed by atoms with Crippen LogP contribution in [-0.4, -0.2) is 42.6 Å². The smallest absolute Gasteiger partial charge is 0.0914 e. The van der Waals surface area contributed by atoms with Gasteiger partial charge in [0.15, 0.2) is 0 Å². The van der Waals surface area contributed by atoms with Gasteiger partial charge in [-0.1, -0.05) is 43.7 Å². The number of nitrogens with one attached hydrogen (secondary N) is 1. The quantitative estimate of drug-likeness (QED) is 0.562. The van der Waals surface area contributed by atoms with Crippen LogP contribution in [0, 0.1) is 0 Å². The Morgan fingerprint density at radius 2 is 1.89 bits per heavy atom. The fourth-order valence-electron chi connectivity index (χ4n) is 1.70.